The molecule has 0 heterocycles. The zero-order chi connectivity index (χ0) is 9.14. The third-order valence-electron chi connectivity index (χ3n) is 1.44. The summed E-state index contributed by atoms with van der Waals surface area (Å²) in [5.74, 6) is -0.684. The third kappa shape index (κ3) is 1.55. The Hall–Kier alpha value is -1.11. The van der Waals surface area contributed by atoms with Crippen molar-refractivity contribution < 1.29 is 4.39 Å². The fraction of sp³-hybridized carbons (Fsp3) is 0.125. The Bertz CT molecular complexity index is 344. The number of hydrogen-bond donors (Lipinski definition) is 1. The summed E-state index contributed by atoms with van der Waals surface area (Å²) >= 11 is 5.49. The molecule has 0 aliphatic rings. The van der Waals surface area contributed by atoms with Gasteiger partial charge in [0.2, 0.25) is 0 Å². The monoisotopic (exact) mass is 184 g/mol. The standard InChI is InChI=1S/C8H6ClFN2/c9-7-2-5(3-11)1-6(4-12)8(7)10/h1-2H,3,11H2. The molecule has 1 aromatic carbocycles. The normalized spacial score (nSPS) is 9.50. The summed E-state index contributed by atoms with van der Waals surface area (Å²) in [6, 6.07) is 4.50. The van der Waals surface area contributed by atoms with Crippen molar-refractivity contribution in [1.29, 1.82) is 5.26 Å². The van der Waals surface area contributed by atoms with Gasteiger partial charge in [0.15, 0.2) is 5.82 Å². The highest BCUT2D eigenvalue weighted by molar-refractivity contribution is 6.30. The van der Waals surface area contributed by atoms with Crippen molar-refractivity contribution >= 4 is 11.6 Å². The maximum Gasteiger partial charge on any atom is 0.159 e. The number of nitrogens with two attached hydrogens (primary N) is 1. The van der Waals surface area contributed by atoms with Gasteiger partial charge in [0.05, 0.1) is 10.6 Å². The number of halogens is 2. The molecule has 0 aliphatic carbocycles. The Morgan fingerprint density at radius 2 is 2.25 bits per heavy atom. The Balaban J connectivity index is 3.31. The molecule has 62 valence electrons. The van der Waals surface area contributed by atoms with E-state index < -0.39 is 5.82 Å². The molecular weight excluding hydrogens is 179 g/mol. The van der Waals surface area contributed by atoms with E-state index in [1.54, 1.807) is 6.07 Å². The van der Waals surface area contributed by atoms with Gasteiger partial charge in [-0.05, 0) is 17.7 Å². The molecule has 12 heavy (non-hydrogen) atoms. The lowest BCUT2D eigenvalue weighted by Gasteiger charge is -2.00. The summed E-state index contributed by atoms with van der Waals surface area (Å²) in [5, 5.41) is 8.41. The molecule has 0 aliphatic heterocycles. The van der Waals surface area contributed by atoms with Crippen LogP contribution in [0.2, 0.25) is 5.02 Å². The van der Waals surface area contributed by atoms with Crippen LogP contribution >= 0.6 is 11.6 Å². The van der Waals surface area contributed by atoms with E-state index in [0.29, 0.717) is 5.56 Å². The van der Waals surface area contributed by atoms with E-state index >= 15 is 0 Å². The molecule has 0 radical (unpaired) electrons. The van der Waals surface area contributed by atoms with E-state index in [4.69, 9.17) is 22.6 Å². The van der Waals surface area contributed by atoms with Crippen molar-refractivity contribution in [1.82, 2.24) is 0 Å². The van der Waals surface area contributed by atoms with E-state index in [2.05, 4.69) is 0 Å². The largest absolute Gasteiger partial charge is 0.326 e. The Morgan fingerprint density at radius 1 is 1.58 bits per heavy atom. The SMILES string of the molecule is N#Cc1cc(CN)cc(Cl)c1F. The van der Waals surface area contributed by atoms with E-state index in [0.717, 1.165) is 0 Å². The second-order valence-corrected chi connectivity index (χ2v) is 2.66. The van der Waals surface area contributed by atoms with Crippen molar-refractivity contribution in [2.45, 2.75) is 6.54 Å². The van der Waals surface area contributed by atoms with Gasteiger partial charge < -0.3 is 5.73 Å². The lowest BCUT2D eigenvalue weighted by molar-refractivity contribution is 0.623. The first-order valence-corrected chi connectivity index (χ1v) is 3.65. The zero-order valence-electron chi connectivity index (χ0n) is 6.14. The lowest BCUT2D eigenvalue weighted by atomic mass is 10.1. The van der Waals surface area contributed by atoms with Crippen molar-refractivity contribution in [3.8, 4) is 6.07 Å². The van der Waals surface area contributed by atoms with Gasteiger partial charge in [-0.25, -0.2) is 4.39 Å². The summed E-state index contributed by atoms with van der Waals surface area (Å²) in [6.07, 6.45) is 0. The highest BCUT2D eigenvalue weighted by atomic mass is 35.5. The lowest BCUT2D eigenvalue weighted by Crippen LogP contribution is -1.98. The predicted octanol–water partition coefficient (Wildman–Crippen LogP) is 1.81. The Morgan fingerprint density at radius 3 is 2.75 bits per heavy atom. The van der Waals surface area contributed by atoms with Crippen LogP contribution in [0.5, 0.6) is 0 Å². The molecule has 4 heteroatoms. The third-order valence-corrected chi connectivity index (χ3v) is 1.72. The van der Waals surface area contributed by atoms with Crippen molar-refractivity contribution in [2.75, 3.05) is 0 Å². The molecule has 0 saturated heterocycles. The second kappa shape index (κ2) is 3.53. The van der Waals surface area contributed by atoms with Gasteiger partial charge in [0.25, 0.3) is 0 Å². The molecule has 0 unspecified atom stereocenters. The number of nitriles is 1. The minimum Gasteiger partial charge on any atom is -0.326 e. The van der Waals surface area contributed by atoms with E-state index in [1.165, 1.54) is 12.1 Å². The van der Waals surface area contributed by atoms with Crippen LogP contribution in [0.25, 0.3) is 0 Å². The summed E-state index contributed by atoms with van der Waals surface area (Å²) in [5.41, 5.74) is 5.89. The van der Waals surface area contributed by atoms with Gasteiger partial charge in [0, 0.05) is 6.54 Å². The van der Waals surface area contributed by atoms with Crippen LogP contribution in [-0.2, 0) is 6.54 Å². The Labute approximate surface area is 74.4 Å². The summed E-state index contributed by atoms with van der Waals surface area (Å²) in [7, 11) is 0. The molecule has 0 aromatic heterocycles. The van der Waals surface area contributed by atoms with E-state index in [1.807, 2.05) is 0 Å². The fourth-order valence-electron chi connectivity index (χ4n) is 0.844. The molecule has 0 bridgehead atoms. The molecule has 0 saturated carbocycles. The van der Waals surface area contributed by atoms with Crippen LogP contribution in [0.1, 0.15) is 11.1 Å². The predicted molar refractivity (Wildman–Crippen MR) is 44.0 cm³/mol. The quantitative estimate of drug-likeness (QED) is 0.724. The van der Waals surface area contributed by atoms with Gasteiger partial charge in [-0.15, -0.1) is 0 Å². The minimum atomic E-state index is -0.684. The van der Waals surface area contributed by atoms with Crippen LogP contribution in [0.3, 0.4) is 0 Å². The first-order valence-electron chi connectivity index (χ1n) is 3.27. The molecular formula is C8H6ClFN2. The number of rotatable bonds is 1. The molecule has 1 rings (SSSR count). The summed E-state index contributed by atoms with van der Waals surface area (Å²) in [4.78, 5) is 0. The molecule has 0 amide bonds. The maximum absolute atomic E-state index is 12.9. The fourth-order valence-corrected chi connectivity index (χ4v) is 1.09. The average Bonchev–Trinajstić information content (AvgIpc) is 2.09. The van der Waals surface area contributed by atoms with Crippen molar-refractivity contribution in [3.05, 3.63) is 34.1 Å². The van der Waals surface area contributed by atoms with Gasteiger partial charge in [-0.2, -0.15) is 5.26 Å². The second-order valence-electron chi connectivity index (χ2n) is 2.26. The van der Waals surface area contributed by atoms with Crippen LogP contribution in [0.4, 0.5) is 4.39 Å². The smallest absolute Gasteiger partial charge is 0.159 e. The van der Waals surface area contributed by atoms with E-state index in [9.17, 15) is 4.39 Å². The van der Waals surface area contributed by atoms with Crippen LogP contribution in [-0.4, -0.2) is 0 Å². The molecule has 1 aromatic rings. The van der Waals surface area contributed by atoms with Crippen LogP contribution < -0.4 is 5.73 Å². The molecule has 2 N–H and O–H groups in total. The van der Waals surface area contributed by atoms with Crippen molar-refractivity contribution in [3.63, 3.8) is 0 Å². The number of nitrogens with zero attached hydrogens (tertiary/aromatic N) is 1. The van der Waals surface area contributed by atoms with Gasteiger partial charge in [-0.1, -0.05) is 11.6 Å². The van der Waals surface area contributed by atoms with Gasteiger partial charge >= 0.3 is 0 Å². The highest BCUT2D eigenvalue weighted by Gasteiger charge is 2.07. The average molecular weight is 185 g/mol. The molecule has 0 atom stereocenters. The van der Waals surface area contributed by atoms with Gasteiger partial charge in [-0.3, -0.25) is 0 Å². The minimum absolute atomic E-state index is 0.0606. The highest BCUT2D eigenvalue weighted by Crippen LogP contribution is 2.19. The topological polar surface area (TPSA) is 49.8 Å². The Kier molecular flexibility index (Phi) is 2.64. The summed E-state index contributed by atoms with van der Waals surface area (Å²) in [6.45, 7) is 0.245. The first kappa shape index (κ1) is 8.98. The van der Waals surface area contributed by atoms with Crippen LogP contribution in [0.15, 0.2) is 12.1 Å². The van der Waals surface area contributed by atoms with Crippen molar-refractivity contribution in [2.24, 2.45) is 5.73 Å². The summed E-state index contributed by atoms with van der Waals surface area (Å²) < 4.78 is 12.9. The number of hydrogen-bond acceptors (Lipinski definition) is 2. The first-order chi connectivity index (χ1) is 5.69. The number of benzene rings is 1. The molecule has 0 fully saturated rings. The zero-order valence-corrected chi connectivity index (χ0v) is 6.90. The van der Waals surface area contributed by atoms with Crippen LogP contribution in [0, 0.1) is 17.1 Å². The molecule has 2 nitrogen and oxygen atoms in total. The molecule has 0 spiro atoms. The maximum atomic E-state index is 12.9. The van der Waals surface area contributed by atoms with Gasteiger partial charge in [0.1, 0.15) is 6.07 Å². The van der Waals surface area contributed by atoms with E-state index in [-0.39, 0.29) is 17.1 Å².